The number of Topliss-reactive ketones (excluding diaryl/α,β-unsaturated/α-hetero) is 1. The van der Waals surface area contributed by atoms with Gasteiger partial charge in [0.1, 0.15) is 11.5 Å². The van der Waals surface area contributed by atoms with Crippen LogP contribution in [0.4, 0.5) is 0 Å². The maximum absolute atomic E-state index is 12.6. The Balaban J connectivity index is 1.97. The molecule has 0 saturated heterocycles. The van der Waals surface area contributed by atoms with Gasteiger partial charge in [0.2, 0.25) is 0 Å². The Hall–Kier alpha value is -1.77. The van der Waals surface area contributed by atoms with Crippen molar-refractivity contribution in [2.24, 2.45) is 5.92 Å². The van der Waals surface area contributed by atoms with Crippen LogP contribution < -0.4 is 4.74 Å². The zero-order valence-electron chi connectivity index (χ0n) is 13.4. The van der Waals surface area contributed by atoms with Gasteiger partial charge in [-0.15, -0.1) is 0 Å². The summed E-state index contributed by atoms with van der Waals surface area (Å²) in [5.41, 5.74) is 2.80. The van der Waals surface area contributed by atoms with Crippen LogP contribution in [0.1, 0.15) is 56.1 Å². The molecular weight excluding hydrogens is 276 g/mol. The minimum absolute atomic E-state index is 0.0379. The first-order valence-electron chi connectivity index (χ1n) is 8.25. The van der Waals surface area contributed by atoms with Crippen molar-refractivity contribution >= 4 is 5.78 Å². The number of ketones is 1. The van der Waals surface area contributed by atoms with Crippen molar-refractivity contribution in [3.8, 4) is 5.75 Å². The topological polar surface area (TPSA) is 46.5 Å². The maximum atomic E-state index is 12.6. The summed E-state index contributed by atoms with van der Waals surface area (Å²) >= 11 is 0. The van der Waals surface area contributed by atoms with Crippen molar-refractivity contribution in [1.82, 2.24) is 0 Å². The van der Waals surface area contributed by atoms with Gasteiger partial charge in [0, 0.05) is 23.8 Å². The highest BCUT2D eigenvalue weighted by molar-refractivity contribution is 6.00. The van der Waals surface area contributed by atoms with Crippen LogP contribution in [0.3, 0.4) is 0 Å². The Morgan fingerprint density at radius 3 is 2.64 bits per heavy atom. The van der Waals surface area contributed by atoms with E-state index in [-0.39, 0.29) is 17.6 Å². The molecule has 1 atom stereocenters. The first-order valence-corrected chi connectivity index (χ1v) is 8.25. The lowest BCUT2D eigenvalue weighted by molar-refractivity contribution is -0.115. The van der Waals surface area contributed by atoms with E-state index in [1.54, 1.807) is 7.11 Å². The smallest absolute Gasteiger partial charge is 0.167 e. The van der Waals surface area contributed by atoms with E-state index in [2.05, 4.69) is 0 Å². The fourth-order valence-corrected chi connectivity index (χ4v) is 3.91. The summed E-state index contributed by atoms with van der Waals surface area (Å²) in [7, 11) is 1.63. The van der Waals surface area contributed by atoms with Crippen molar-refractivity contribution in [2.45, 2.75) is 51.4 Å². The summed E-state index contributed by atoms with van der Waals surface area (Å²) in [6.45, 7) is 2.02. The molecule has 0 amide bonds. The summed E-state index contributed by atoms with van der Waals surface area (Å²) < 4.78 is 5.25. The number of fused-ring (bicyclic) bond motifs is 1. The van der Waals surface area contributed by atoms with E-state index in [9.17, 15) is 9.90 Å². The molecule has 0 spiro atoms. The van der Waals surface area contributed by atoms with E-state index < -0.39 is 0 Å². The second-order valence-corrected chi connectivity index (χ2v) is 6.52. The van der Waals surface area contributed by atoms with Crippen molar-refractivity contribution in [1.29, 1.82) is 0 Å². The van der Waals surface area contributed by atoms with Gasteiger partial charge in [-0.25, -0.2) is 0 Å². The fraction of sp³-hybridized carbons (Fsp3) is 0.526. The predicted octanol–water partition coefficient (Wildman–Crippen LogP) is 4.32. The number of hydrogen-bond acceptors (Lipinski definition) is 3. The van der Waals surface area contributed by atoms with Crippen LogP contribution in [0.25, 0.3) is 0 Å². The lowest BCUT2D eigenvalue weighted by Crippen LogP contribution is -2.24. The third kappa shape index (κ3) is 2.65. The van der Waals surface area contributed by atoms with E-state index in [0.717, 1.165) is 42.6 Å². The van der Waals surface area contributed by atoms with E-state index in [4.69, 9.17) is 4.74 Å². The number of ether oxygens (including phenoxy) is 1. The van der Waals surface area contributed by atoms with E-state index >= 15 is 0 Å². The molecule has 1 fully saturated rings. The Bertz CT molecular complexity index is 609. The molecule has 3 rings (SSSR count). The first kappa shape index (κ1) is 15.1. The summed E-state index contributed by atoms with van der Waals surface area (Å²) in [4.78, 5) is 12.6. The summed E-state index contributed by atoms with van der Waals surface area (Å²) in [5, 5.41) is 10.7. The molecule has 1 N–H and O–H groups in total. The minimum atomic E-state index is -0.0379. The molecule has 2 aliphatic rings. The molecule has 1 unspecified atom stereocenters. The highest BCUT2D eigenvalue weighted by atomic mass is 16.5. The van der Waals surface area contributed by atoms with Crippen LogP contribution in [-0.4, -0.2) is 18.0 Å². The quantitative estimate of drug-likeness (QED) is 0.653. The lowest BCUT2D eigenvalue weighted by Gasteiger charge is -2.29. The number of aliphatic hydroxyl groups is 1. The number of carbonyl (C=O) groups is 1. The highest BCUT2D eigenvalue weighted by Crippen LogP contribution is 2.40. The van der Waals surface area contributed by atoms with Gasteiger partial charge >= 0.3 is 0 Å². The van der Waals surface area contributed by atoms with Crippen LogP contribution >= 0.6 is 0 Å². The van der Waals surface area contributed by atoms with Crippen LogP contribution in [-0.2, 0) is 11.2 Å². The monoisotopic (exact) mass is 300 g/mol. The predicted molar refractivity (Wildman–Crippen MR) is 86.3 cm³/mol. The summed E-state index contributed by atoms with van der Waals surface area (Å²) in [6, 6.07) is 5.90. The Morgan fingerprint density at radius 1 is 1.23 bits per heavy atom. The normalized spacial score (nSPS) is 24.8. The molecule has 0 heterocycles. The second kappa shape index (κ2) is 6.15. The third-order valence-corrected chi connectivity index (χ3v) is 5.17. The number of benzene rings is 1. The molecule has 0 radical (unpaired) electrons. The van der Waals surface area contributed by atoms with Gasteiger partial charge in [-0.1, -0.05) is 32.3 Å². The lowest BCUT2D eigenvalue weighted by atomic mass is 9.75. The minimum Gasteiger partial charge on any atom is -0.512 e. The molecule has 22 heavy (non-hydrogen) atoms. The van der Waals surface area contributed by atoms with E-state index in [1.807, 2.05) is 25.1 Å². The van der Waals surface area contributed by atoms with Gasteiger partial charge in [0.05, 0.1) is 7.11 Å². The highest BCUT2D eigenvalue weighted by Gasteiger charge is 2.33. The van der Waals surface area contributed by atoms with Gasteiger partial charge in [-0.2, -0.15) is 0 Å². The molecule has 3 heteroatoms. The first-order chi connectivity index (χ1) is 10.6. The standard InChI is InChI=1S/C19H24O3/c1-12-16-9-8-15(22-2)10-14(16)11-17(20)18(12)19(21)13-6-4-3-5-7-13/h8-10,12-13,21H,3-7,11H2,1-2H3/b19-18-. The van der Waals surface area contributed by atoms with Gasteiger partial charge in [0.25, 0.3) is 0 Å². The molecule has 0 aromatic heterocycles. The number of methoxy groups -OCH3 is 1. The van der Waals surface area contributed by atoms with Gasteiger partial charge in [-0.3, -0.25) is 4.79 Å². The average Bonchev–Trinajstić information content (AvgIpc) is 2.55. The number of aliphatic hydroxyl groups excluding tert-OH is 1. The van der Waals surface area contributed by atoms with E-state index in [1.165, 1.54) is 6.42 Å². The van der Waals surface area contributed by atoms with Crippen molar-refractivity contribution in [3.05, 3.63) is 40.7 Å². The average molecular weight is 300 g/mol. The molecule has 3 nitrogen and oxygen atoms in total. The summed E-state index contributed by atoms with van der Waals surface area (Å²) in [5.74, 6) is 1.34. The summed E-state index contributed by atoms with van der Waals surface area (Å²) in [6.07, 6.45) is 5.92. The zero-order valence-corrected chi connectivity index (χ0v) is 13.4. The van der Waals surface area contributed by atoms with Gasteiger partial charge < -0.3 is 9.84 Å². The molecule has 2 aliphatic carbocycles. The van der Waals surface area contributed by atoms with Gasteiger partial charge in [0.15, 0.2) is 5.78 Å². The van der Waals surface area contributed by atoms with Crippen molar-refractivity contribution in [3.63, 3.8) is 0 Å². The SMILES string of the molecule is COc1ccc2c(c1)CC(=O)/C(=C(\O)C1CCCCC1)C2C. The molecule has 1 saturated carbocycles. The van der Waals surface area contributed by atoms with Crippen LogP contribution in [0, 0.1) is 5.92 Å². The Labute approximate surface area is 132 Å². The number of hydrogen-bond donors (Lipinski definition) is 1. The molecule has 0 aliphatic heterocycles. The van der Waals surface area contributed by atoms with Crippen molar-refractivity contribution in [2.75, 3.05) is 7.11 Å². The van der Waals surface area contributed by atoms with Crippen LogP contribution in [0.2, 0.25) is 0 Å². The molecule has 1 aromatic rings. The molecule has 1 aromatic carbocycles. The van der Waals surface area contributed by atoms with Crippen LogP contribution in [0.5, 0.6) is 5.75 Å². The van der Waals surface area contributed by atoms with E-state index in [0.29, 0.717) is 17.8 Å². The molecular formula is C19H24O3. The Kier molecular flexibility index (Phi) is 4.23. The second-order valence-electron chi connectivity index (χ2n) is 6.52. The Morgan fingerprint density at radius 2 is 1.95 bits per heavy atom. The van der Waals surface area contributed by atoms with Crippen molar-refractivity contribution < 1.29 is 14.6 Å². The third-order valence-electron chi connectivity index (χ3n) is 5.17. The number of rotatable bonds is 2. The maximum Gasteiger partial charge on any atom is 0.167 e. The zero-order chi connectivity index (χ0) is 15.7. The van der Waals surface area contributed by atoms with Crippen LogP contribution in [0.15, 0.2) is 29.5 Å². The number of carbonyl (C=O) groups excluding carboxylic acids is 1. The molecule has 0 bridgehead atoms. The van der Waals surface area contributed by atoms with Gasteiger partial charge in [-0.05, 0) is 36.1 Å². The number of allylic oxidation sites excluding steroid dienone is 2. The molecule has 118 valence electrons. The largest absolute Gasteiger partial charge is 0.512 e. The fourth-order valence-electron chi connectivity index (χ4n) is 3.91.